The van der Waals surface area contributed by atoms with Crippen LogP contribution in [0.3, 0.4) is 0 Å². The molecule has 2 heteroatoms. The van der Waals surface area contributed by atoms with Gasteiger partial charge in [-0.05, 0) is 37.4 Å². The summed E-state index contributed by atoms with van der Waals surface area (Å²) in [5.74, 6) is 0. The minimum Gasteiger partial charge on any atom is -0.344 e. The Kier molecular flexibility index (Phi) is 4.21. The quantitative estimate of drug-likeness (QED) is 0.753. The highest BCUT2D eigenvalue weighted by Gasteiger charge is 2.03. The second-order valence-electron chi connectivity index (χ2n) is 4.60. The van der Waals surface area contributed by atoms with Gasteiger partial charge in [-0.25, -0.2) is 0 Å². The summed E-state index contributed by atoms with van der Waals surface area (Å²) in [4.78, 5) is 0. The van der Waals surface area contributed by atoms with Gasteiger partial charge in [-0.3, -0.25) is 0 Å². The third-order valence-electron chi connectivity index (χ3n) is 3.24. The van der Waals surface area contributed by atoms with E-state index in [4.69, 9.17) is 0 Å². The van der Waals surface area contributed by atoms with Crippen LogP contribution in [0.15, 0.2) is 30.3 Å². The smallest absolute Gasteiger partial charge is 0.0482 e. The van der Waals surface area contributed by atoms with Crippen molar-refractivity contribution in [1.82, 2.24) is 9.88 Å². The average Bonchev–Trinajstić information content (AvgIpc) is 2.65. The van der Waals surface area contributed by atoms with E-state index < -0.39 is 0 Å². The Morgan fingerprint density at radius 2 is 2.00 bits per heavy atom. The number of para-hydroxylation sites is 1. The summed E-state index contributed by atoms with van der Waals surface area (Å²) >= 11 is 0. The molecule has 0 radical (unpaired) electrons. The molecular weight excluding hydrogens is 208 g/mol. The van der Waals surface area contributed by atoms with Crippen molar-refractivity contribution >= 4 is 10.9 Å². The second kappa shape index (κ2) is 5.87. The molecule has 0 saturated heterocycles. The highest BCUT2D eigenvalue weighted by Crippen LogP contribution is 2.18. The molecule has 0 aliphatic heterocycles. The first-order chi connectivity index (χ1) is 8.33. The fourth-order valence-corrected chi connectivity index (χ4v) is 2.26. The van der Waals surface area contributed by atoms with Crippen molar-refractivity contribution < 1.29 is 0 Å². The number of hydrogen-bond donors (Lipinski definition) is 1. The second-order valence-corrected chi connectivity index (χ2v) is 4.60. The van der Waals surface area contributed by atoms with Crippen LogP contribution >= 0.6 is 0 Å². The Balaban J connectivity index is 2.00. The first-order valence-corrected chi connectivity index (χ1v) is 6.58. The van der Waals surface area contributed by atoms with E-state index in [1.165, 1.54) is 29.4 Å². The van der Waals surface area contributed by atoms with Gasteiger partial charge in [-0.1, -0.05) is 31.5 Å². The maximum Gasteiger partial charge on any atom is 0.0482 e. The number of unbranched alkanes of at least 4 members (excludes halogenated alkanes) is 1. The first kappa shape index (κ1) is 12.2. The van der Waals surface area contributed by atoms with Crippen LogP contribution in [0.4, 0.5) is 0 Å². The van der Waals surface area contributed by atoms with E-state index in [1.54, 1.807) is 0 Å². The molecular formula is C15H22N2. The van der Waals surface area contributed by atoms with E-state index in [2.05, 4.69) is 54.1 Å². The van der Waals surface area contributed by atoms with Crippen molar-refractivity contribution in [2.75, 3.05) is 13.1 Å². The molecule has 0 amide bonds. The van der Waals surface area contributed by atoms with Gasteiger partial charge in [-0.15, -0.1) is 0 Å². The van der Waals surface area contributed by atoms with Gasteiger partial charge in [0.15, 0.2) is 0 Å². The molecule has 0 bridgehead atoms. The van der Waals surface area contributed by atoms with Crippen LogP contribution in [0, 0.1) is 6.92 Å². The van der Waals surface area contributed by atoms with Crippen molar-refractivity contribution in [3.8, 4) is 0 Å². The number of nitrogens with zero attached hydrogens (tertiary/aromatic N) is 1. The molecule has 2 aromatic rings. The van der Waals surface area contributed by atoms with Crippen molar-refractivity contribution in [2.24, 2.45) is 0 Å². The van der Waals surface area contributed by atoms with Crippen molar-refractivity contribution in [2.45, 2.75) is 33.2 Å². The molecule has 0 aliphatic rings. The highest BCUT2D eigenvalue weighted by atomic mass is 15.0. The Labute approximate surface area is 104 Å². The normalized spacial score (nSPS) is 11.2. The molecule has 1 heterocycles. The standard InChI is InChI=1S/C15H22N2/c1-3-4-9-16-10-11-17-13(2)12-14-7-5-6-8-15(14)17/h5-8,12,16H,3-4,9-11H2,1-2H3. The summed E-state index contributed by atoms with van der Waals surface area (Å²) in [7, 11) is 0. The van der Waals surface area contributed by atoms with Gasteiger partial charge >= 0.3 is 0 Å². The zero-order valence-corrected chi connectivity index (χ0v) is 10.9. The Morgan fingerprint density at radius 1 is 1.18 bits per heavy atom. The van der Waals surface area contributed by atoms with E-state index in [0.717, 1.165) is 19.6 Å². The fraction of sp³-hybridized carbons (Fsp3) is 0.467. The molecule has 0 unspecified atom stereocenters. The van der Waals surface area contributed by atoms with Crippen LogP contribution < -0.4 is 5.32 Å². The Bertz CT molecular complexity index is 471. The number of aromatic nitrogens is 1. The van der Waals surface area contributed by atoms with Gasteiger partial charge in [-0.2, -0.15) is 0 Å². The van der Waals surface area contributed by atoms with Crippen LogP contribution in [0.5, 0.6) is 0 Å². The van der Waals surface area contributed by atoms with Crippen molar-refractivity contribution in [3.05, 3.63) is 36.0 Å². The monoisotopic (exact) mass is 230 g/mol. The molecule has 1 aromatic heterocycles. The summed E-state index contributed by atoms with van der Waals surface area (Å²) in [6, 6.07) is 10.9. The third kappa shape index (κ3) is 2.89. The number of nitrogens with one attached hydrogen (secondary N) is 1. The SMILES string of the molecule is CCCCNCCn1c(C)cc2ccccc21. The van der Waals surface area contributed by atoms with Gasteiger partial charge in [0.2, 0.25) is 0 Å². The predicted octanol–water partition coefficient (Wildman–Crippen LogP) is 3.34. The fourth-order valence-electron chi connectivity index (χ4n) is 2.26. The number of aryl methyl sites for hydroxylation is 1. The largest absolute Gasteiger partial charge is 0.344 e. The third-order valence-corrected chi connectivity index (χ3v) is 3.24. The molecule has 92 valence electrons. The molecule has 0 spiro atoms. The lowest BCUT2D eigenvalue weighted by Crippen LogP contribution is -2.21. The summed E-state index contributed by atoms with van der Waals surface area (Å²) in [6.45, 7) is 7.66. The van der Waals surface area contributed by atoms with Crippen LogP contribution in [0.2, 0.25) is 0 Å². The highest BCUT2D eigenvalue weighted by molar-refractivity contribution is 5.81. The lowest BCUT2D eigenvalue weighted by Gasteiger charge is -2.09. The number of fused-ring (bicyclic) bond motifs is 1. The lowest BCUT2D eigenvalue weighted by atomic mass is 10.2. The van der Waals surface area contributed by atoms with Crippen LogP contribution in [-0.2, 0) is 6.54 Å². The van der Waals surface area contributed by atoms with Crippen LogP contribution in [-0.4, -0.2) is 17.7 Å². The first-order valence-electron chi connectivity index (χ1n) is 6.58. The van der Waals surface area contributed by atoms with Gasteiger partial charge in [0.25, 0.3) is 0 Å². The summed E-state index contributed by atoms with van der Waals surface area (Å²) in [5.41, 5.74) is 2.70. The van der Waals surface area contributed by atoms with E-state index >= 15 is 0 Å². The van der Waals surface area contributed by atoms with Gasteiger partial charge < -0.3 is 9.88 Å². The number of hydrogen-bond acceptors (Lipinski definition) is 1. The van der Waals surface area contributed by atoms with Gasteiger partial charge in [0, 0.05) is 24.3 Å². The predicted molar refractivity (Wildman–Crippen MR) is 74.5 cm³/mol. The molecule has 1 N–H and O–H groups in total. The molecule has 0 fully saturated rings. The zero-order valence-electron chi connectivity index (χ0n) is 10.9. The minimum atomic E-state index is 1.06. The van der Waals surface area contributed by atoms with E-state index in [0.29, 0.717) is 0 Å². The van der Waals surface area contributed by atoms with E-state index in [9.17, 15) is 0 Å². The zero-order chi connectivity index (χ0) is 12.1. The topological polar surface area (TPSA) is 17.0 Å². The van der Waals surface area contributed by atoms with Crippen LogP contribution in [0.25, 0.3) is 10.9 Å². The summed E-state index contributed by atoms with van der Waals surface area (Å²) in [5, 5.41) is 4.84. The molecule has 0 aliphatic carbocycles. The minimum absolute atomic E-state index is 1.06. The Hall–Kier alpha value is -1.28. The molecule has 17 heavy (non-hydrogen) atoms. The lowest BCUT2D eigenvalue weighted by molar-refractivity contribution is 0.583. The summed E-state index contributed by atoms with van der Waals surface area (Å²) < 4.78 is 2.40. The van der Waals surface area contributed by atoms with Crippen molar-refractivity contribution in [3.63, 3.8) is 0 Å². The van der Waals surface area contributed by atoms with Crippen LogP contribution in [0.1, 0.15) is 25.5 Å². The number of benzene rings is 1. The average molecular weight is 230 g/mol. The molecule has 0 saturated carbocycles. The maximum absolute atomic E-state index is 3.50. The molecule has 2 rings (SSSR count). The Morgan fingerprint density at radius 3 is 2.82 bits per heavy atom. The maximum atomic E-state index is 3.50. The molecule has 0 atom stereocenters. The van der Waals surface area contributed by atoms with Gasteiger partial charge in [0.1, 0.15) is 0 Å². The van der Waals surface area contributed by atoms with Crippen molar-refractivity contribution in [1.29, 1.82) is 0 Å². The number of rotatable bonds is 6. The molecule has 1 aromatic carbocycles. The van der Waals surface area contributed by atoms with E-state index in [-0.39, 0.29) is 0 Å². The van der Waals surface area contributed by atoms with E-state index in [1.807, 2.05) is 0 Å². The van der Waals surface area contributed by atoms with Gasteiger partial charge in [0.05, 0.1) is 0 Å². The summed E-state index contributed by atoms with van der Waals surface area (Å²) in [6.07, 6.45) is 2.53. The molecule has 2 nitrogen and oxygen atoms in total.